The molecule has 0 aliphatic carbocycles. The Morgan fingerprint density at radius 1 is 1.31 bits per heavy atom. The van der Waals surface area contributed by atoms with E-state index in [4.69, 9.17) is 10.5 Å². The van der Waals surface area contributed by atoms with Crippen molar-refractivity contribution in [1.82, 2.24) is 0 Å². The van der Waals surface area contributed by atoms with Crippen LogP contribution in [0, 0.1) is 0 Å². The molecular formula is C11H11NO4. The fourth-order valence-electron chi connectivity index (χ4n) is 1.02. The minimum atomic E-state index is -0.962. The standard InChI is InChI=1S/C11H11NO4/c1-7(12)10(13)16-11(14)8-5-3-4-6-9(8)15-2/h3-6H,1,12H2,2H3. The largest absolute Gasteiger partial charge is 0.496 e. The summed E-state index contributed by atoms with van der Waals surface area (Å²) in [4.78, 5) is 22.5. The average molecular weight is 221 g/mol. The molecule has 1 aromatic carbocycles. The van der Waals surface area contributed by atoms with Crippen LogP contribution in [-0.4, -0.2) is 19.0 Å². The molecule has 5 heteroatoms. The van der Waals surface area contributed by atoms with Gasteiger partial charge in [0.05, 0.1) is 7.11 Å². The quantitative estimate of drug-likeness (QED) is 0.465. The molecule has 0 heterocycles. The van der Waals surface area contributed by atoms with Crippen molar-refractivity contribution in [3.05, 3.63) is 42.1 Å². The van der Waals surface area contributed by atoms with Crippen molar-refractivity contribution in [3.63, 3.8) is 0 Å². The maximum atomic E-state index is 11.5. The molecule has 0 atom stereocenters. The van der Waals surface area contributed by atoms with E-state index in [2.05, 4.69) is 11.3 Å². The monoisotopic (exact) mass is 221 g/mol. The van der Waals surface area contributed by atoms with E-state index in [0.29, 0.717) is 5.75 Å². The fraction of sp³-hybridized carbons (Fsp3) is 0.0909. The maximum absolute atomic E-state index is 11.5. The SMILES string of the molecule is C=C(N)C(=O)OC(=O)c1ccccc1OC. The predicted molar refractivity (Wildman–Crippen MR) is 56.7 cm³/mol. The lowest BCUT2D eigenvalue weighted by molar-refractivity contribution is -0.133. The van der Waals surface area contributed by atoms with Crippen molar-refractivity contribution in [3.8, 4) is 5.75 Å². The van der Waals surface area contributed by atoms with Crippen LogP contribution in [0.3, 0.4) is 0 Å². The van der Waals surface area contributed by atoms with Crippen molar-refractivity contribution in [1.29, 1.82) is 0 Å². The van der Waals surface area contributed by atoms with E-state index in [0.717, 1.165) is 0 Å². The summed E-state index contributed by atoms with van der Waals surface area (Å²) >= 11 is 0. The molecule has 5 nitrogen and oxygen atoms in total. The van der Waals surface area contributed by atoms with Crippen LogP contribution in [0.5, 0.6) is 5.75 Å². The Labute approximate surface area is 92.5 Å². The molecule has 1 rings (SSSR count). The molecule has 0 radical (unpaired) electrons. The molecular weight excluding hydrogens is 210 g/mol. The summed E-state index contributed by atoms with van der Waals surface area (Å²) in [5.41, 5.74) is 4.90. The van der Waals surface area contributed by atoms with E-state index < -0.39 is 11.9 Å². The third-order valence-electron chi connectivity index (χ3n) is 1.77. The first kappa shape index (κ1) is 11.8. The first-order chi connectivity index (χ1) is 7.56. The molecule has 0 saturated carbocycles. The van der Waals surface area contributed by atoms with Gasteiger partial charge >= 0.3 is 11.9 Å². The number of carbonyl (C=O) groups excluding carboxylic acids is 2. The number of benzene rings is 1. The van der Waals surface area contributed by atoms with Gasteiger partial charge in [0.1, 0.15) is 17.0 Å². The number of methoxy groups -OCH3 is 1. The summed E-state index contributed by atoms with van der Waals surface area (Å²) in [5.74, 6) is -1.46. The topological polar surface area (TPSA) is 78.6 Å². The summed E-state index contributed by atoms with van der Waals surface area (Å²) < 4.78 is 9.40. The predicted octanol–water partition coefficient (Wildman–Crippen LogP) is 0.851. The molecule has 1 aromatic rings. The molecule has 84 valence electrons. The van der Waals surface area contributed by atoms with E-state index in [1.165, 1.54) is 13.2 Å². The number of hydrogen-bond acceptors (Lipinski definition) is 5. The Hall–Kier alpha value is -2.30. The van der Waals surface area contributed by atoms with Crippen molar-refractivity contribution >= 4 is 11.9 Å². The number of esters is 2. The van der Waals surface area contributed by atoms with Crippen LogP contribution in [0.2, 0.25) is 0 Å². The van der Waals surface area contributed by atoms with Crippen LogP contribution < -0.4 is 10.5 Å². The Bertz CT molecular complexity index is 439. The van der Waals surface area contributed by atoms with Crippen LogP contribution in [0.4, 0.5) is 0 Å². The van der Waals surface area contributed by atoms with Crippen LogP contribution in [0.15, 0.2) is 36.5 Å². The molecule has 0 amide bonds. The number of rotatable bonds is 3. The normalized spacial score (nSPS) is 9.31. The van der Waals surface area contributed by atoms with E-state index in [9.17, 15) is 9.59 Å². The highest BCUT2D eigenvalue weighted by Gasteiger charge is 2.17. The second-order valence-electron chi connectivity index (χ2n) is 2.90. The third-order valence-corrected chi connectivity index (χ3v) is 1.77. The van der Waals surface area contributed by atoms with Gasteiger partial charge in [-0.05, 0) is 12.1 Å². The van der Waals surface area contributed by atoms with Crippen LogP contribution in [0.25, 0.3) is 0 Å². The van der Waals surface area contributed by atoms with Crippen molar-refractivity contribution in [2.75, 3.05) is 7.11 Å². The molecule has 0 spiro atoms. The summed E-state index contributed by atoms with van der Waals surface area (Å²) in [7, 11) is 1.41. The number of para-hydroxylation sites is 1. The van der Waals surface area contributed by atoms with E-state index in [1.807, 2.05) is 0 Å². The highest BCUT2D eigenvalue weighted by atomic mass is 16.6. The molecule has 0 saturated heterocycles. The Morgan fingerprint density at radius 3 is 2.50 bits per heavy atom. The first-order valence-electron chi connectivity index (χ1n) is 4.40. The maximum Gasteiger partial charge on any atom is 0.361 e. The molecule has 0 aliphatic rings. The molecule has 0 bridgehead atoms. The summed E-state index contributed by atoms with van der Waals surface area (Å²) in [6.45, 7) is 3.16. The number of carbonyl (C=O) groups is 2. The summed E-state index contributed by atoms with van der Waals surface area (Å²) in [6.07, 6.45) is 0. The lowest BCUT2D eigenvalue weighted by Gasteiger charge is -2.06. The zero-order chi connectivity index (χ0) is 12.1. The van der Waals surface area contributed by atoms with Gasteiger partial charge in [-0.15, -0.1) is 0 Å². The molecule has 0 fully saturated rings. The average Bonchev–Trinajstić information content (AvgIpc) is 2.28. The zero-order valence-electron chi connectivity index (χ0n) is 8.73. The number of ether oxygens (including phenoxy) is 2. The molecule has 16 heavy (non-hydrogen) atoms. The Morgan fingerprint density at radius 2 is 1.94 bits per heavy atom. The number of hydrogen-bond donors (Lipinski definition) is 1. The molecule has 0 aromatic heterocycles. The Kier molecular flexibility index (Phi) is 3.66. The van der Waals surface area contributed by atoms with Crippen LogP contribution in [0.1, 0.15) is 10.4 Å². The van der Waals surface area contributed by atoms with Crippen LogP contribution >= 0.6 is 0 Å². The van der Waals surface area contributed by atoms with E-state index in [-0.39, 0.29) is 11.3 Å². The van der Waals surface area contributed by atoms with Crippen molar-refractivity contribution < 1.29 is 19.1 Å². The van der Waals surface area contributed by atoms with Crippen LogP contribution in [-0.2, 0) is 9.53 Å². The molecule has 0 aliphatic heterocycles. The van der Waals surface area contributed by atoms with Gasteiger partial charge in [0.15, 0.2) is 0 Å². The van der Waals surface area contributed by atoms with Gasteiger partial charge in [-0.25, -0.2) is 9.59 Å². The minimum absolute atomic E-state index is 0.152. The third kappa shape index (κ3) is 2.60. The second kappa shape index (κ2) is 4.97. The van der Waals surface area contributed by atoms with Crippen molar-refractivity contribution in [2.45, 2.75) is 0 Å². The minimum Gasteiger partial charge on any atom is -0.496 e. The highest BCUT2D eigenvalue weighted by molar-refractivity contribution is 6.02. The lowest BCUT2D eigenvalue weighted by atomic mass is 10.2. The lowest BCUT2D eigenvalue weighted by Crippen LogP contribution is -2.18. The Balaban J connectivity index is 2.88. The van der Waals surface area contributed by atoms with E-state index in [1.54, 1.807) is 18.2 Å². The summed E-state index contributed by atoms with van der Waals surface area (Å²) in [5, 5.41) is 0. The van der Waals surface area contributed by atoms with Gasteiger partial charge in [0.25, 0.3) is 0 Å². The molecule has 2 N–H and O–H groups in total. The highest BCUT2D eigenvalue weighted by Crippen LogP contribution is 2.18. The zero-order valence-corrected chi connectivity index (χ0v) is 8.73. The summed E-state index contributed by atoms with van der Waals surface area (Å²) in [6, 6.07) is 6.38. The first-order valence-corrected chi connectivity index (χ1v) is 4.40. The van der Waals surface area contributed by atoms with E-state index >= 15 is 0 Å². The van der Waals surface area contributed by atoms with Gasteiger partial charge in [-0.2, -0.15) is 0 Å². The van der Waals surface area contributed by atoms with Gasteiger partial charge in [-0.1, -0.05) is 18.7 Å². The second-order valence-corrected chi connectivity index (χ2v) is 2.90. The van der Waals surface area contributed by atoms with Gasteiger partial charge in [-0.3, -0.25) is 0 Å². The smallest absolute Gasteiger partial charge is 0.361 e. The molecule has 0 unspecified atom stereocenters. The van der Waals surface area contributed by atoms with Gasteiger partial charge in [0.2, 0.25) is 0 Å². The number of nitrogens with two attached hydrogens (primary N) is 1. The van der Waals surface area contributed by atoms with Crippen molar-refractivity contribution in [2.24, 2.45) is 5.73 Å². The van der Waals surface area contributed by atoms with Gasteiger partial charge in [0, 0.05) is 0 Å². The fourth-order valence-corrected chi connectivity index (χ4v) is 1.02. The van der Waals surface area contributed by atoms with Gasteiger partial charge < -0.3 is 15.2 Å².